The Bertz CT molecular complexity index is 3160. The summed E-state index contributed by atoms with van der Waals surface area (Å²) in [5.74, 6) is 0. The molecule has 1 nitrogen and oxygen atoms in total. The first-order valence-corrected chi connectivity index (χ1v) is 18.3. The minimum atomic E-state index is 0.917. The zero-order chi connectivity index (χ0) is 34.9. The summed E-state index contributed by atoms with van der Waals surface area (Å²) in [4.78, 5) is 0. The molecule has 11 rings (SSSR count). The van der Waals surface area contributed by atoms with E-state index in [9.17, 15) is 0 Å². The molecule has 1 heterocycles. The van der Waals surface area contributed by atoms with Gasteiger partial charge in [-0.1, -0.05) is 170 Å². The Balaban J connectivity index is 1.07. The van der Waals surface area contributed by atoms with Gasteiger partial charge < -0.3 is 4.42 Å². The molecule has 0 unspecified atom stereocenters. The first-order valence-electron chi connectivity index (χ1n) is 18.3. The van der Waals surface area contributed by atoms with Crippen molar-refractivity contribution < 1.29 is 4.42 Å². The summed E-state index contributed by atoms with van der Waals surface area (Å²) < 4.78 is 6.10. The standard InChI is InChI=1S/C52H32O/c1-2-15-40-34(11-1)25-28-35-12-10-21-41(50(35)40)38-13-9-14-39(31-38)52-45-19-5-3-17-43(45)51(44-18-4-6-20-46(44)52)36-26-23-33(24-27-36)37-29-30-49-47(32-37)42-16-7-8-22-48(42)53-49/h1-32H. The molecule has 10 aromatic carbocycles. The molecule has 246 valence electrons. The third-order valence-corrected chi connectivity index (χ3v) is 11.0. The Kier molecular flexibility index (Phi) is 6.62. The summed E-state index contributed by atoms with van der Waals surface area (Å²) in [6.45, 7) is 0. The van der Waals surface area contributed by atoms with Crippen LogP contribution in [0.4, 0.5) is 0 Å². The monoisotopic (exact) mass is 672 g/mol. The van der Waals surface area contributed by atoms with Crippen LogP contribution in [-0.2, 0) is 0 Å². The van der Waals surface area contributed by atoms with E-state index in [1.165, 1.54) is 87.6 Å². The van der Waals surface area contributed by atoms with Gasteiger partial charge in [0.15, 0.2) is 0 Å². The number of hydrogen-bond acceptors (Lipinski definition) is 1. The normalized spacial score (nSPS) is 11.8. The molecule has 0 spiro atoms. The smallest absolute Gasteiger partial charge is 0.135 e. The topological polar surface area (TPSA) is 13.1 Å². The summed E-state index contributed by atoms with van der Waals surface area (Å²) in [5, 5.41) is 12.4. The van der Waals surface area contributed by atoms with Crippen LogP contribution in [-0.4, -0.2) is 0 Å². The van der Waals surface area contributed by atoms with Crippen molar-refractivity contribution in [2.45, 2.75) is 0 Å². The number of rotatable bonds is 4. The van der Waals surface area contributed by atoms with E-state index >= 15 is 0 Å². The van der Waals surface area contributed by atoms with Gasteiger partial charge in [0, 0.05) is 10.8 Å². The Labute approximate surface area is 307 Å². The molecule has 0 bridgehead atoms. The van der Waals surface area contributed by atoms with Gasteiger partial charge in [-0.3, -0.25) is 0 Å². The zero-order valence-corrected chi connectivity index (χ0v) is 28.9. The highest BCUT2D eigenvalue weighted by molar-refractivity contribution is 6.22. The van der Waals surface area contributed by atoms with Crippen LogP contribution in [0.15, 0.2) is 199 Å². The van der Waals surface area contributed by atoms with Crippen LogP contribution in [0.1, 0.15) is 0 Å². The number of hydrogen-bond donors (Lipinski definition) is 0. The molecule has 0 aliphatic carbocycles. The van der Waals surface area contributed by atoms with Gasteiger partial charge in [-0.15, -0.1) is 0 Å². The molecule has 0 saturated carbocycles. The molecular formula is C52H32O. The molecule has 0 N–H and O–H groups in total. The molecule has 1 heteroatoms. The summed E-state index contributed by atoms with van der Waals surface area (Å²) in [6, 6.07) is 70.7. The molecule has 0 aliphatic rings. The van der Waals surface area contributed by atoms with Crippen LogP contribution >= 0.6 is 0 Å². The molecule has 0 radical (unpaired) electrons. The first-order chi connectivity index (χ1) is 26.3. The molecule has 53 heavy (non-hydrogen) atoms. The SMILES string of the molecule is c1cc(-c2c3ccccc3c(-c3ccc(-c4ccc5oc6ccccc6c5c4)cc3)c3ccccc23)cc(-c2cccc3ccc4ccccc4c23)c1. The maximum atomic E-state index is 6.10. The van der Waals surface area contributed by atoms with Crippen LogP contribution in [0.5, 0.6) is 0 Å². The van der Waals surface area contributed by atoms with Crippen molar-refractivity contribution in [3.63, 3.8) is 0 Å². The zero-order valence-electron chi connectivity index (χ0n) is 28.9. The predicted octanol–water partition coefficient (Wildman–Crippen LogP) is 14.9. The summed E-state index contributed by atoms with van der Waals surface area (Å²) in [7, 11) is 0. The molecule has 0 atom stereocenters. The quantitative estimate of drug-likeness (QED) is 0.134. The predicted molar refractivity (Wildman–Crippen MR) is 225 cm³/mol. The maximum absolute atomic E-state index is 6.10. The average Bonchev–Trinajstić information content (AvgIpc) is 3.60. The first kappa shape index (κ1) is 29.7. The van der Waals surface area contributed by atoms with Crippen molar-refractivity contribution in [1.82, 2.24) is 0 Å². The number of para-hydroxylation sites is 1. The molecule has 11 aromatic rings. The molecular weight excluding hydrogens is 641 g/mol. The Hall–Kier alpha value is -6.96. The minimum absolute atomic E-state index is 0.917. The van der Waals surface area contributed by atoms with Crippen LogP contribution in [0, 0.1) is 0 Å². The lowest BCUT2D eigenvalue weighted by Gasteiger charge is -2.18. The number of benzene rings is 10. The van der Waals surface area contributed by atoms with E-state index in [1.807, 2.05) is 12.1 Å². The van der Waals surface area contributed by atoms with Gasteiger partial charge in [-0.05, 0) is 112 Å². The summed E-state index contributed by atoms with van der Waals surface area (Å²) in [5.41, 5.74) is 11.6. The maximum Gasteiger partial charge on any atom is 0.135 e. The molecule has 0 amide bonds. The van der Waals surface area contributed by atoms with Crippen LogP contribution in [0.3, 0.4) is 0 Å². The van der Waals surface area contributed by atoms with Gasteiger partial charge >= 0.3 is 0 Å². The van der Waals surface area contributed by atoms with Gasteiger partial charge in [-0.2, -0.15) is 0 Å². The van der Waals surface area contributed by atoms with Crippen LogP contribution in [0.25, 0.3) is 110 Å². The Morgan fingerprint density at radius 2 is 0.792 bits per heavy atom. The third kappa shape index (κ3) is 4.71. The molecule has 1 aromatic heterocycles. The summed E-state index contributed by atoms with van der Waals surface area (Å²) >= 11 is 0. The summed E-state index contributed by atoms with van der Waals surface area (Å²) in [6.07, 6.45) is 0. The fraction of sp³-hybridized carbons (Fsp3) is 0. The van der Waals surface area contributed by atoms with E-state index in [0.29, 0.717) is 0 Å². The second kappa shape index (κ2) is 11.8. The fourth-order valence-corrected chi connectivity index (χ4v) is 8.63. The lowest BCUT2D eigenvalue weighted by Crippen LogP contribution is -1.91. The van der Waals surface area contributed by atoms with Crippen molar-refractivity contribution >= 4 is 65.0 Å². The van der Waals surface area contributed by atoms with E-state index in [2.05, 4.69) is 182 Å². The Morgan fingerprint density at radius 3 is 1.55 bits per heavy atom. The largest absolute Gasteiger partial charge is 0.456 e. The van der Waals surface area contributed by atoms with Gasteiger partial charge in [0.05, 0.1) is 0 Å². The second-order valence-electron chi connectivity index (χ2n) is 14.0. The van der Waals surface area contributed by atoms with Crippen molar-refractivity contribution in [2.24, 2.45) is 0 Å². The van der Waals surface area contributed by atoms with Gasteiger partial charge in [-0.25, -0.2) is 0 Å². The van der Waals surface area contributed by atoms with Gasteiger partial charge in [0.2, 0.25) is 0 Å². The lowest BCUT2D eigenvalue weighted by atomic mass is 9.85. The fourth-order valence-electron chi connectivity index (χ4n) is 8.63. The van der Waals surface area contributed by atoms with Crippen molar-refractivity contribution in [2.75, 3.05) is 0 Å². The van der Waals surface area contributed by atoms with E-state index in [-0.39, 0.29) is 0 Å². The highest BCUT2D eigenvalue weighted by atomic mass is 16.3. The molecule has 0 aliphatic heterocycles. The highest BCUT2D eigenvalue weighted by Crippen LogP contribution is 2.45. The van der Waals surface area contributed by atoms with Gasteiger partial charge in [0.25, 0.3) is 0 Å². The average molecular weight is 673 g/mol. The molecule has 0 fully saturated rings. The third-order valence-electron chi connectivity index (χ3n) is 11.0. The van der Waals surface area contributed by atoms with Crippen molar-refractivity contribution in [1.29, 1.82) is 0 Å². The number of fused-ring (bicyclic) bond motifs is 8. The van der Waals surface area contributed by atoms with Gasteiger partial charge in [0.1, 0.15) is 11.2 Å². The second-order valence-corrected chi connectivity index (χ2v) is 14.0. The minimum Gasteiger partial charge on any atom is -0.456 e. The van der Waals surface area contributed by atoms with Crippen LogP contribution in [0.2, 0.25) is 0 Å². The molecule has 0 saturated heterocycles. The van der Waals surface area contributed by atoms with Crippen LogP contribution < -0.4 is 0 Å². The van der Waals surface area contributed by atoms with E-state index < -0.39 is 0 Å². The Morgan fingerprint density at radius 1 is 0.264 bits per heavy atom. The lowest BCUT2D eigenvalue weighted by molar-refractivity contribution is 0.669. The van der Waals surface area contributed by atoms with E-state index in [0.717, 1.165) is 21.9 Å². The highest BCUT2D eigenvalue weighted by Gasteiger charge is 2.18. The number of furan rings is 1. The van der Waals surface area contributed by atoms with Crippen molar-refractivity contribution in [3.8, 4) is 44.5 Å². The van der Waals surface area contributed by atoms with E-state index in [4.69, 9.17) is 4.42 Å². The van der Waals surface area contributed by atoms with Crippen molar-refractivity contribution in [3.05, 3.63) is 194 Å². The van der Waals surface area contributed by atoms with E-state index in [1.54, 1.807) is 0 Å².